The summed E-state index contributed by atoms with van der Waals surface area (Å²) < 4.78 is 5.38. The van der Waals surface area contributed by atoms with Crippen molar-refractivity contribution in [3.63, 3.8) is 0 Å². The first-order valence-corrected chi connectivity index (χ1v) is 4.16. The topological polar surface area (TPSA) is 12.5 Å². The Hall–Kier alpha value is -0.530. The van der Waals surface area contributed by atoms with E-state index in [1.54, 1.807) is 0 Å². The van der Waals surface area contributed by atoms with Gasteiger partial charge in [-0.1, -0.05) is 17.7 Å². The van der Waals surface area contributed by atoms with Gasteiger partial charge in [-0.05, 0) is 23.3 Å². The van der Waals surface area contributed by atoms with Crippen LogP contribution in [0.4, 0.5) is 0 Å². The Morgan fingerprint density at radius 3 is 3.27 bits per heavy atom. The molecule has 2 heteroatoms. The Morgan fingerprint density at radius 2 is 2.36 bits per heavy atom. The lowest BCUT2D eigenvalue weighted by molar-refractivity contribution is 0.361. The predicted molar refractivity (Wildman–Crippen MR) is 42.8 cm³/mol. The first-order chi connectivity index (χ1) is 5.34. The van der Waals surface area contributed by atoms with Gasteiger partial charge in [-0.3, -0.25) is 0 Å². The molecule has 0 amide bonds. The maximum absolute atomic E-state index is 5.85. The molecule has 1 fully saturated rings. The van der Waals surface area contributed by atoms with E-state index >= 15 is 0 Å². The van der Waals surface area contributed by atoms with E-state index in [9.17, 15) is 0 Å². The zero-order valence-electron chi connectivity index (χ0n) is 5.88. The molecule has 1 aliphatic carbocycles. The molecule has 2 atom stereocenters. The molecule has 0 saturated carbocycles. The number of hydrogen-bond acceptors (Lipinski definition) is 1. The Bertz CT molecular complexity index is 321. The van der Waals surface area contributed by atoms with E-state index in [-0.39, 0.29) is 0 Å². The van der Waals surface area contributed by atoms with Crippen molar-refractivity contribution in [2.45, 2.75) is 18.6 Å². The van der Waals surface area contributed by atoms with Gasteiger partial charge in [-0.15, -0.1) is 0 Å². The van der Waals surface area contributed by atoms with E-state index in [0.29, 0.717) is 12.2 Å². The van der Waals surface area contributed by atoms with Crippen molar-refractivity contribution in [3.05, 3.63) is 34.3 Å². The standard InChI is InChI=1S/C9H7ClO/c10-6-2-1-5-3-8-9(11-8)7(5)4-6/h1-2,4,8-9H,3H2/t8-,9+/m0/s1. The average molecular weight is 167 g/mol. The fourth-order valence-electron chi connectivity index (χ4n) is 1.80. The number of benzene rings is 1. The molecular formula is C9H7ClO. The maximum Gasteiger partial charge on any atom is 0.110 e. The van der Waals surface area contributed by atoms with Crippen LogP contribution < -0.4 is 0 Å². The molecule has 0 radical (unpaired) electrons. The minimum Gasteiger partial charge on any atom is -0.364 e. The molecule has 11 heavy (non-hydrogen) atoms. The number of rotatable bonds is 0. The van der Waals surface area contributed by atoms with Crippen LogP contribution in [0.2, 0.25) is 5.02 Å². The van der Waals surface area contributed by atoms with E-state index in [1.165, 1.54) is 11.1 Å². The number of hydrogen-bond donors (Lipinski definition) is 0. The third-order valence-corrected chi connectivity index (χ3v) is 2.65. The lowest BCUT2D eigenvalue weighted by Gasteiger charge is -2.00. The van der Waals surface area contributed by atoms with Crippen molar-refractivity contribution in [3.8, 4) is 0 Å². The maximum atomic E-state index is 5.85. The van der Waals surface area contributed by atoms with Gasteiger partial charge in [0.15, 0.2) is 0 Å². The minimum absolute atomic E-state index is 0.378. The van der Waals surface area contributed by atoms with Gasteiger partial charge in [0, 0.05) is 11.4 Å². The van der Waals surface area contributed by atoms with E-state index in [1.807, 2.05) is 12.1 Å². The van der Waals surface area contributed by atoms with Crippen LogP contribution in [0.25, 0.3) is 0 Å². The molecule has 2 aliphatic rings. The highest BCUT2D eigenvalue weighted by Crippen LogP contribution is 2.49. The lowest BCUT2D eigenvalue weighted by atomic mass is 10.1. The van der Waals surface area contributed by atoms with Crippen LogP contribution in [0.5, 0.6) is 0 Å². The van der Waals surface area contributed by atoms with Crippen molar-refractivity contribution in [1.82, 2.24) is 0 Å². The summed E-state index contributed by atoms with van der Waals surface area (Å²) in [6.45, 7) is 0. The van der Waals surface area contributed by atoms with Crippen molar-refractivity contribution >= 4 is 11.6 Å². The summed E-state index contributed by atoms with van der Waals surface area (Å²) in [6, 6.07) is 6.08. The van der Waals surface area contributed by atoms with Crippen molar-refractivity contribution in [2.24, 2.45) is 0 Å². The zero-order valence-corrected chi connectivity index (χ0v) is 6.64. The molecule has 0 bridgehead atoms. The molecule has 1 nitrogen and oxygen atoms in total. The lowest BCUT2D eigenvalue weighted by Crippen LogP contribution is -1.87. The third-order valence-electron chi connectivity index (χ3n) is 2.42. The molecular weight excluding hydrogens is 160 g/mol. The molecule has 1 aromatic rings. The van der Waals surface area contributed by atoms with Crippen LogP contribution in [0.1, 0.15) is 17.2 Å². The summed E-state index contributed by atoms with van der Waals surface area (Å²) in [6.07, 6.45) is 1.93. The van der Waals surface area contributed by atoms with Gasteiger partial charge in [-0.25, -0.2) is 0 Å². The molecule has 0 unspecified atom stereocenters. The van der Waals surface area contributed by atoms with E-state index in [0.717, 1.165) is 11.4 Å². The van der Waals surface area contributed by atoms with Gasteiger partial charge in [0.1, 0.15) is 6.10 Å². The van der Waals surface area contributed by atoms with Crippen LogP contribution in [0.3, 0.4) is 0 Å². The summed E-state index contributed by atoms with van der Waals surface area (Å²) in [7, 11) is 0. The molecule has 3 rings (SSSR count). The molecule has 0 spiro atoms. The second kappa shape index (κ2) is 1.79. The molecule has 0 aromatic heterocycles. The van der Waals surface area contributed by atoms with Gasteiger partial charge in [0.25, 0.3) is 0 Å². The second-order valence-electron chi connectivity index (χ2n) is 3.14. The quantitative estimate of drug-likeness (QED) is 0.539. The van der Waals surface area contributed by atoms with Crippen molar-refractivity contribution in [1.29, 1.82) is 0 Å². The van der Waals surface area contributed by atoms with Gasteiger partial charge in [0.05, 0.1) is 6.10 Å². The SMILES string of the molecule is Clc1ccc2c(c1)[C@H]1O[C@H]1C2. The molecule has 0 N–H and O–H groups in total. The Kier molecular flexibility index (Phi) is 0.984. The number of ether oxygens (including phenoxy) is 1. The number of fused-ring (bicyclic) bond motifs is 3. The second-order valence-corrected chi connectivity index (χ2v) is 3.58. The van der Waals surface area contributed by atoms with Gasteiger partial charge < -0.3 is 4.74 Å². The third kappa shape index (κ3) is 0.754. The van der Waals surface area contributed by atoms with E-state index in [2.05, 4.69) is 6.07 Å². The summed E-state index contributed by atoms with van der Waals surface area (Å²) in [5.74, 6) is 0. The first kappa shape index (κ1) is 6.04. The van der Waals surface area contributed by atoms with Crippen LogP contribution in [0.15, 0.2) is 18.2 Å². The Balaban J connectivity index is 2.20. The van der Waals surface area contributed by atoms with Crippen LogP contribution >= 0.6 is 11.6 Å². The normalized spacial score (nSPS) is 31.4. The molecule has 1 heterocycles. The number of halogens is 1. The highest BCUT2D eigenvalue weighted by molar-refractivity contribution is 6.30. The van der Waals surface area contributed by atoms with Crippen molar-refractivity contribution < 1.29 is 4.74 Å². The van der Waals surface area contributed by atoms with Crippen LogP contribution in [0, 0.1) is 0 Å². The molecule has 56 valence electrons. The van der Waals surface area contributed by atoms with E-state index in [4.69, 9.17) is 16.3 Å². The fourth-order valence-corrected chi connectivity index (χ4v) is 1.99. The minimum atomic E-state index is 0.378. The highest BCUT2D eigenvalue weighted by atomic mass is 35.5. The van der Waals surface area contributed by atoms with Crippen LogP contribution in [-0.2, 0) is 11.2 Å². The molecule has 1 saturated heterocycles. The summed E-state index contributed by atoms with van der Waals surface area (Å²) in [5, 5.41) is 0.819. The van der Waals surface area contributed by atoms with Gasteiger partial charge in [0.2, 0.25) is 0 Å². The number of epoxide rings is 1. The Labute approximate surface area is 69.9 Å². The zero-order chi connectivity index (χ0) is 7.42. The summed E-state index contributed by atoms with van der Waals surface area (Å²) >= 11 is 5.85. The van der Waals surface area contributed by atoms with Gasteiger partial charge >= 0.3 is 0 Å². The fraction of sp³-hybridized carbons (Fsp3) is 0.333. The molecule has 1 aromatic carbocycles. The largest absolute Gasteiger partial charge is 0.364 e. The monoisotopic (exact) mass is 166 g/mol. The summed E-state index contributed by atoms with van der Waals surface area (Å²) in [5.41, 5.74) is 2.72. The van der Waals surface area contributed by atoms with Crippen molar-refractivity contribution in [2.75, 3.05) is 0 Å². The van der Waals surface area contributed by atoms with Gasteiger partial charge in [-0.2, -0.15) is 0 Å². The molecule has 1 aliphatic heterocycles. The Morgan fingerprint density at radius 1 is 1.45 bits per heavy atom. The first-order valence-electron chi connectivity index (χ1n) is 3.78. The predicted octanol–water partition coefficient (Wildman–Crippen LogP) is 2.34. The van der Waals surface area contributed by atoms with Crippen LogP contribution in [-0.4, -0.2) is 6.10 Å². The average Bonchev–Trinajstić information content (AvgIpc) is 2.67. The summed E-state index contributed by atoms with van der Waals surface area (Å²) in [4.78, 5) is 0. The smallest absolute Gasteiger partial charge is 0.110 e. The van der Waals surface area contributed by atoms with E-state index < -0.39 is 0 Å². The highest BCUT2D eigenvalue weighted by Gasteiger charge is 2.46.